The first-order chi connectivity index (χ1) is 15.2. The van der Waals surface area contributed by atoms with Gasteiger partial charge in [0.25, 0.3) is 0 Å². The lowest BCUT2D eigenvalue weighted by molar-refractivity contribution is 0.0224. The molecule has 2 heterocycles. The monoisotopic (exact) mass is 430 g/mol. The Morgan fingerprint density at radius 3 is 1.97 bits per heavy atom. The van der Waals surface area contributed by atoms with Crippen molar-refractivity contribution in [3.8, 4) is 23.0 Å². The van der Waals surface area contributed by atoms with E-state index in [-0.39, 0.29) is 29.1 Å². The van der Waals surface area contributed by atoms with E-state index in [2.05, 4.69) is 0 Å². The lowest BCUT2D eigenvalue weighted by Crippen LogP contribution is -2.32. The number of hydrogen-bond acceptors (Lipinski definition) is 6. The van der Waals surface area contributed by atoms with Gasteiger partial charge >= 0.3 is 5.97 Å². The van der Waals surface area contributed by atoms with E-state index in [0.717, 1.165) is 0 Å². The number of fused-ring (bicyclic) bond motifs is 6. The van der Waals surface area contributed by atoms with Crippen LogP contribution in [0.1, 0.15) is 58.2 Å². The summed E-state index contributed by atoms with van der Waals surface area (Å²) in [5.74, 6) is 0.0329. The molecule has 2 N–H and O–H groups in total. The number of rotatable bonds is 3. The van der Waals surface area contributed by atoms with Gasteiger partial charge in [-0.25, -0.2) is 4.79 Å². The van der Waals surface area contributed by atoms with Gasteiger partial charge < -0.3 is 19.7 Å². The molecular formula is C26H22O6. The van der Waals surface area contributed by atoms with E-state index in [1.165, 1.54) is 24.3 Å². The molecule has 1 unspecified atom stereocenters. The summed E-state index contributed by atoms with van der Waals surface area (Å²) in [4.78, 5) is 26.0. The van der Waals surface area contributed by atoms with Gasteiger partial charge in [0.15, 0.2) is 11.4 Å². The molecule has 0 fully saturated rings. The molecule has 0 saturated carbocycles. The number of aromatic hydroxyl groups is 2. The Bertz CT molecular complexity index is 1240. The van der Waals surface area contributed by atoms with Gasteiger partial charge in [-0.15, -0.1) is 0 Å². The molecule has 0 aromatic heterocycles. The number of phenolic OH excluding ortho intramolecular Hbond substituents is 2. The second-order valence-electron chi connectivity index (χ2n) is 8.69. The molecule has 1 atom stereocenters. The highest BCUT2D eigenvalue weighted by Crippen LogP contribution is 2.57. The minimum absolute atomic E-state index is 0.00401. The zero-order valence-electron chi connectivity index (χ0n) is 17.9. The molecule has 0 radical (unpaired) electrons. The second-order valence-corrected chi connectivity index (χ2v) is 8.69. The highest BCUT2D eigenvalue weighted by Gasteiger charge is 2.53. The van der Waals surface area contributed by atoms with Crippen molar-refractivity contribution in [2.75, 3.05) is 0 Å². The quantitative estimate of drug-likeness (QED) is 0.441. The third-order valence-corrected chi connectivity index (χ3v) is 6.47. The molecule has 32 heavy (non-hydrogen) atoms. The summed E-state index contributed by atoms with van der Waals surface area (Å²) in [5.41, 5.74) is 1.14. The molecule has 0 saturated heterocycles. The molecule has 0 amide bonds. The average Bonchev–Trinajstić information content (AvgIpc) is 3.04. The van der Waals surface area contributed by atoms with Gasteiger partial charge in [0.1, 0.15) is 23.0 Å². The van der Waals surface area contributed by atoms with Crippen LogP contribution in [0.25, 0.3) is 0 Å². The van der Waals surface area contributed by atoms with Gasteiger partial charge in [0.2, 0.25) is 0 Å². The number of carbonyl (C=O) groups is 2. The number of Topliss-reactive ketones (excluding diaryl/α,β-unsaturated/α-hetero) is 1. The van der Waals surface area contributed by atoms with Gasteiger partial charge in [-0.2, -0.15) is 0 Å². The minimum Gasteiger partial charge on any atom is -0.508 e. The van der Waals surface area contributed by atoms with Crippen LogP contribution < -0.4 is 4.74 Å². The van der Waals surface area contributed by atoms with E-state index in [1.54, 1.807) is 30.3 Å². The van der Waals surface area contributed by atoms with Gasteiger partial charge in [-0.3, -0.25) is 4.79 Å². The van der Waals surface area contributed by atoms with E-state index in [9.17, 15) is 19.8 Å². The SMILES string of the molecule is CC(C)C(C)C(=O)c1ccc2c(c1)C(=O)OC21c2ccc(O)cc2Oc2cc(O)ccc21. The molecule has 0 bridgehead atoms. The fraction of sp³-hybridized carbons (Fsp3) is 0.231. The van der Waals surface area contributed by atoms with Crippen molar-refractivity contribution in [3.63, 3.8) is 0 Å². The third-order valence-electron chi connectivity index (χ3n) is 6.47. The Kier molecular flexibility index (Phi) is 4.31. The van der Waals surface area contributed by atoms with Crippen molar-refractivity contribution in [2.45, 2.75) is 26.4 Å². The number of esters is 1. The number of carbonyl (C=O) groups excluding carboxylic acids is 2. The van der Waals surface area contributed by atoms with Gasteiger partial charge in [-0.1, -0.05) is 32.9 Å². The predicted octanol–water partition coefficient (Wildman–Crippen LogP) is 5.14. The summed E-state index contributed by atoms with van der Waals surface area (Å²) in [6.45, 7) is 5.85. The number of hydrogen-bond donors (Lipinski definition) is 2. The first-order valence-corrected chi connectivity index (χ1v) is 10.5. The minimum atomic E-state index is -1.32. The van der Waals surface area contributed by atoms with E-state index in [1.807, 2.05) is 20.8 Å². The second kappa shape index (κ2) is 6.85. The zero-order valence-corrected chi connectivity index (χ0v) is 17.9. The van der Waals surface area contributed by atoms with Crippen LogP contribution in [0.2, 0.25) is 0 Å². The van der Waals surface area contributed by atoms with Crippen LogP contribution >= 0.6 is 0 Å². The molecule has 5 rings (SSSR count). The molecule has 3 aromatic rings. The Labute approximate surface area is 185 Å². The number of ether oxygens (including phenoxy) is 2. The number of ketones is 1. The highest BCUT2D eigenvalue weighted by molar-refractivity contribution is 6.03. The summed E-state index contributed by atoms with van der Waals surface area (Å²) >= 11 is 0. The molecule has 1 spiro atoms. The van der Waals surface area contributed by atoms with Crippen LogP contribution in [0.3, 0.4) is 0 Å². The highest BCUT2D eigenvalue weighted by atomic mass is 16.6. The van der Waals surface area contributed by atoms with E-state index in [4.69, 9.17) is 9.47 Å². The summed E-state index contributed by atoms with van der Waals surface area (Å²) < 4.78 is 12.0. The van der Waals surface area contributed by atoms with E-state index in [0.29, 0.717) is 39.3 Å². The molecular weight excluding hydrogens is 408 g/mol. The van der Waals surface area contributed by atoms with Crippen molar-refractivity contribution in [2.24, 2.45) is 11.8 Å². The van der Waals surface area contributed by atoms with Crippen LogP contribution in [0.5, 0.6) is 23.0 Å². The van der Waals surface area contributed by atoms with E-state index < -0.39 is 11.6 Å². The molecule has 2 aliphatic rings. The van der Waals surface area contributed by atoms with Crippen LogP contribution in [-0.2, 0) is 10.3 Å². The van der Waals surface area contributed by atoms with Gasteiger partial charge in [0, 0.05) is 40.3 Å². The lowest BCUT2D eigenvalue weighted by atomic mass is 9.77. The Hall–Kier alpha value is -3.80. The van der Waals surface area contributed by atoms with Crippen LogP contribution in [0.4, 0.5) is 0 Å². The average molecular weight is 430 g/mol. The smallest absolute Gasteiger partial charge is 0.340 e. The fourth-order valence-corrected chi connectivity index (χ4v) is 4.42. The first-order valence-electron chi connectivity index (χ1n) is 10.5. The topological polar surface area (TPSA) is 93.1 Å². The van der Waals surface area contributed by atoms with Crippen LogP contribution in [0.15, 0.2) is 54.6 Å². The normalized spacial score (nSPS) is 16.1. The molecule has 2 aliphatic heterocycles. The van der Waals surface area contributed by atoms with Crippen molar-refractivity contribution >= 4 is 11.8 Å². The summed E-state index contributed by atoms with van der Waals surface area (Å²) in [5, 5.41) is 20.0. The Balaban J connectivity index is 1.75. The summed E-state index contributed by atoms with van der Waals surface area (Å²) in [6.07, 6.45) is 0. The molecule has 3 aromatic carbocycles. The van der Waals surface area contributed by atoms with Crippen LogP contribution in [-0.4, -0.2) is 22.0 Å². The Morgan fingerprint density at radius 1 is 0.844 bits per heavy atom. The standard InChI is InChI=1S/C26H22O6/c1-13(2)14(3)24(29)15-4-7-19-18(10-15)25(30)32-26(19)20-8-5-16(27)11-22(20)31-23-12-17(28)6-9-21(23)26/h4-14,27-28H,1-3H3. The molecule has 162 valence electrons. The largest absolute Gasteiger partial charge is 0.508 e. The summed E-state index contributed by atoms with van der Waals surface area (Å²) in [6, 6.07) is 14.3. The predicted molar refractivity (Wildman–Crippen MR) is 116 cm³/mol. The van der Waals surface area contributed by atoms with Crippen molar-refractivity contribution in [3.05, 3.63) is 82.4 Å². The molecule has 0 aliphatic carbocycles. The van der Waals surface area contributed by atoms with Crippen LogP contribution in [0, 0.1) is 11.8 Å². The van der Waals surface area contributed by atoms with Gasteiger partial charge in [-0.05, 0) is 36.2 Å². The summed E-state index contributed by atoms with van der Waals surface area (Å²) in [7, 11) is 0. The van der Waals surface area contributed by atoms with Crippen molar-refractivity contribution in [1.82, 2.24) is 0 Å². The third kappa shape index (κ3) is 2.72. The Morgan fingerprint density at radius 2 is 1.41 bits per heavy atom. The fourth-order valence-electron chi connectivity index (χ4n) is 4.42. The molecule has 6 nitrogen and oxygen atoms in total. The zero-order chi connectivity index (χ0) is 22.8. The number of benzene rings is 3. The lowest BCUT2D eigenvalue weighted by Gasteiger charge is -2.36. The molecule has 6 heteroatoms. The maximum atomic E-state index is 13.1. The number of phenols is 2. The first kappa shape index (κ1) is 20.1. The van der Waals surface area contributed by atoms with Crippen molar-refractivity contribution in [1.29, 1.82) is 0 Å². The van der Waals surface area contributed by atoms with E-state index >= 15 is 0 Å². The van der Waals surface area contributed by atoms with Gasteiger partial charge in [0.05, 0.1) is 5.56 Å². The van der Waals surface area contributed by atoms with Crippen molar-refractivity contribution < 1.29 is 29.3 Å². The maximum Gasteiger partial charge on any atom is 0.340 e. The maximum absolute atomic E-state index is 13.1.